The molecule has 0 atom stereocenters. The van der Waals surface area contributed by atoms with Gasteiger partial charge in [-0.05, 0) is 25.0 Å². The van der Waals surface area contributed by atoms with Crippen molar-refractivity contribution in [3.63, 3.8) is 0 Å². The number of hydrogen-bond acceptors (Lipinski definition) is 7. The fourth-order valence-corrected chi connectivity index (χ4v) is 4.84. The number of benzene rings is 1. The van der Waals surface area contributed by atoms with E-state index in [4.69, 9.17) is 5.26 Å². The molecule has 2 N–H and O–H groups in total. The second kappa shape index (κ2) is 7.17. The summed E-state index contributed by atoms with van der Waals surface area (Å²) in [5.74, 6) is 0.878. The Hall–Kier alpha value is -1.86. The van der Waals surface area contributed by atoms with Gasteiger partial charge in [0, 0.05) is 38.3 Å². The predicted octanol–water partition coefficient (Wildman–Crippen LogP) is 2.50. The lowest BCUT2D eigenvalue weighted by atomic mass is 10.0. The molecular weight excluding hydrogens is 344 g/mol. The summed E-state index contributed by atoms with van der Waals surface area (Å²) < 4.78 is 19.4. The lowest BCUT2D eigenvalue weighted by Gasteiger charge is -2.46. The summed E-state index contributed by atoms with van der Waals surface area (Å²) in [6.45, 7) is 2.82. The Labute approximate surface area is 148 Å². The molecule has 0 aromatic heterocycles. The van der Waals surface area contributed by atoms with Gasteiger partial charge in [0.25, 0.3) is 5.69 Å². The lowest BCUT2D eigenvalue weighted by molar-refractivity contribution is -0.384. The van der Waals surface area contributed by atoms with Crippen LogP contribution in [0.15, 0.2) is 18.2 Å². The second-order valence-electron chi connectivity index (χ2n) is 6.54. The SMILES string of the molecule is N#Cc1ccc(N2CCC(N3CCS(O)(O)CC3)CC2)c([N+](=O)[O-])c1. The Morgan fingerprint density at radius 3 is 2.40 bits per heavy atom. The molecule has 2 aliphatic heterocycles. The molecule has 8 nitrogen and oxygen atoms in total. The largest absolute Gasteiger partial charge is 0.366 e. The molecule has 2 aliphatic rings. The first kappa shape index (κ1) is 17.9. The van der Waals surface area contributed by atoms with Gasteiger partial charge >= 0.3 is 0 Å². The first-order valence-electron chi connectivity index (χ1n) is 8.31. The van der Waals surface area contributed by atoms with Crippen molar-refractivity contribution in [2.45, 2.75) is 18.9 Å². The van der Waals surface area contributed by atoms with Crippen LogP contribution in [0.3, 0.4) is 0 Å². The van der Waals surface area contributed by atoms with Crippen molar-refractivity contribution in [1.82, 2.24) is 4.90 Å². The molecule has 0 radical (unpaired) electrons. The summed E-state index contributed by atoms with van der Waals surface area (Å²) in [6, 6.07) is 6.92. The van der Waals surface area contributed by atoms with E-state index in [0.717, 1.165) is 12.8 Å². The number of nitriles is 1. The summed E-state index contributed by atoms with van der Waals surface area (Å²) >= 11 is 0. The van der Waals surface area contributed by atoms with Gasteiger partial charge in [0.05, 0.1) is 28.1 Å². The van der Waals surface area contributed by atoms with Crippen LogP contribution < -0.4 is 4.90 Å². The van der Waals surface area contributed by atoms with Crippen LogP contribution in [0.4, 0.5) is 11.4 Å². The van der Waals surface area contributed by atoms with Gasteiger partial charge in [-0.3, -0.25) is 24.1 Å². The highest BCUT2D eigenvalue weighted by Crippen LogP contribution is 2.41. The van der Waals surface area contributed by atoms with Crippen LogP contribution >= 0.6 is 10.6 Å². The maximum Gasteiger partial charge on any atom is 0.293 e. The van der Waals surface area contributed by atoms with Crippen LogP contribution in [0.25, 0.3) is 0 Å². The number of hydrogen-bond donors (Lipinski definition) is 2. The van der Waals surface area contributed by atoms with E-state index in [9.17, 15) is 19.2 Å². The molecule has 0 aliphatic carbocycles. The average Bonchev–Trinajstić information content (AvgIpc) is 2.61. The Balaban J connectivity index is 1.65. The third-order valence-electron chi connectivity index (χ3n) is 5.03. The van der Waals surface area contributed by atoms with Gasteiger partial charge in [-0.2, -0.15) is 15.9 Å². The Bertz CT molecular complexity index is 688. The molecule has 0 amide bonds. The Morgan fingerprint density at radius 2 is 1.84 bits per heavy atom. The van der Waals surface area contributed by atoms with Gasteiger partial charge in [0.15, 0.2) is 0 Å². The molecule has 2 fully saturated rings. The van der Waals surface area contributed by atoms with Crippen LogP contribution in [-0.4, -0.2) is 62.7 Å². The standard InChI is InChI=1S/C16H22N4O4S/c17-12-13-1-2-15(16(11-13)20(21)22)19-5-3-14(4-6-19)18-7-9-25(23,24)10-8-18/h1-2,11,14,23-24H,3-10H2. The van der Waals surface area contributed by atoms with Crippen LogP contribution in [0.5, 0.6) is 0 Å². The summed E-state index contributed by atoms with van der Waals surface area (Å²) in [7, 11) is -2.38. The van der Waals surface area contributed by atoms with Crippen molar-refractivity contribution < 1.29 is 14.0 Å². The summed E-state index contributed by atoms with van der Waals surface area (Å²) in [6.07, 6.45) is 1.77. The summed E-state index contributed by atoms with van der Waals surface area (Å²) in [4.78, 5) is 15.2. The van der Waals surface area contributed by atoms with E-state index in [-0.39, 0.29) is 11.3 Å². The quantitative estimate of drug-likeness (QED) is 0.624. The molecule has 2 saturated heterocycles. The van der Waals surface area contributed by atoms with E-state index in [2.05, 4.69) is 4.90 Å². The summed E-state index contributed by atoms with van der Waals surface area (Å²) in [5, 5.41) is 20.3. The third kappa shape index (κ3) is 4.04. The first-order valence-corrected chi connectivity index (χ1v) is 10.2. The molecule has 1 aromatic rings. The summed E-state index contributed by atoms with van der Waals surface area (Å²) in [5.41, 5.74) is 0.831. The Morgan fingerprint density at radius 1 is 1.20 bits per heavy atom. The van der Waals surface area contributed by atoms with Crippen molar-refractivity contribution in [3.8, 4) is 6.07 Å². The van der Waals surface area contributed by atoms with Crippen LogP contribution in [0.2, 0.25) is 0 Å². The molecule has 136 valence electrons. The van der Waals surface area contributed by atoms with Crippen molar-refractivity contribution in [2.24, 2.45) is 0 Å². The molecule has 2 heterocycles. The molecule has 0 unspecified atom stereocenters. The fraction of sp³-hybridized carbons (Fsp3) is 0.562. The molecule has 3 rings (SSSR count). The lowest BCUT2D eigenvalue weighted by Crippen LogP contribution is -2.49. The monoisotopic (exact) mass is 366 g/mol. The van der Waals surface area contributed by atoms with Crippen molar-refractivity contribution in [2.75, 3.05) is 42.6 Å². The predicted molar refractivity (Wildman–Crippen MR) is 97.2 cm³/mol. The number of nitro groups is 1. The fourth-order valence-electron chi connectivity index (χ4n) is 3.58. The van der Waals surface area contributed by atoms with Gasteiger partial charge in [-0.15, -0.1) is 0 Å². The van der Waals surface area contributed by atoms with E-state index in [1.807, 2.05) is 11.0 Å². The van der Waals surface area contributed by atoms with E-state index >= 15 is 0 Å². The maximum atomic E-state index is 11.3. The minimum absolute atomic E-state index is 0.0237. The van der Waals surface area contributed by atoms with Gasteiger partial charge in [-0.25, -0.2) is 0 Å². The smallest absolute Gasteiger partial charge is 0.293 e. The van der Waals surface area contributed by atoms with E-state index in [0.29, 0.717) is 49.4 Å². The van der Waals surface area contributed by atoms with Gasteiger partial charge < -0.3 is 4.90 Å². The Kier molecular flexibility index (Phi) is 5.15. The number of nitrogens with zero attached hydrogens (tertiary/aromatic N) is 4. The number of piperidine rings is 1. The zero-order chi connectivity index (χ0) is 18.0. The van der Waals surface area contributed by atoms with E-state index in [1.54, 1.807) is 12.1 Å². The topological polar surface area (TPSA) is 114 Å². The van der Waals surface area contributed by atoms with E-state index < -0.39 is 15.5 Å². The molecular formula is C16H22N4O4S. The zero-order valence-electron chi connectivity index (χ0n) is 13.9. The minimum atomic E-state index is -2.38. The molecule has 0 spiro atoms. The zero-order valence-corrected chi connectivity index (χ0v) is 14.7. The van der Waals surface area contributed by atoms with Crippen molar-refractivity contribution in [3.05, 3.63) is 33.9 Å². The molecule has 1 aromatic carbocycles. The molecule has 25 heavy (non-hydrogen) atoms. The van der Waals surface area contributed by atoms with Crippen molar-refractivity contribution in [1.29, 1.82) is 5.26 Å². The van der Waals surface area contributed by atoms with Crippen LogP contribution in [-0.2, 0) is 0 Å². The molecule has 0 bridgehead atoms. The second-order valence-corrected chi connectivity index (χ2v) is 8.96. The number of rotatable bonds is 3. The highest BCUT2D eigenvalue weighted by Gasteiger charge is 2.31. The number of anilines is 1. The average molecular weight is 366 g/mol. The molecule has 9 heteroatoms. The highest BCUT2D eigenvalue weighted by molar-refractivity contribution is 8.24. The highest BCUT2D eigenvalue weighted by atomic mass is 32.3. The first-order chi connectivity index (χ1) is 11.9. The van der Waals surface area contributed by atoms with Crippen molar-refractivity contribution >= 4 is 22.0 Å². The normalized spacial score (nSPS) is 23.0. The third-order valence-corrected chi connectivity index (χ3v) is 6.71. The maximum absolute atomic E-state index is 11.3. The van der Waals surface area contributed by atoms with Gasteiger partial charge in [0.1, 0.15) is 5.69 Å². The van der Waals surface area contributed by atoms with E-state index in [1.165, 1.54) is 6.07 Å². The van der Waals surface area contributed by atoms with Crippen LogP contribution in [0, 0.1) is 21.4 Å². The van der Waals surface area contributed by atoms with Gasteiger partial charge in [-0.1, -0.05) is 0 Å². The minimum Gasteiger partial charge on any atom is -0.366 e. The number of nitro benzene ring substituents is 1. The van der Waals surface area contributed by atoms with Gasteiger partial charge in [0.2, 0.25) is 0 Å². The molecule has 0 saturated carbocycles. The van der Waals surface area contributed by atoms with Crippen LogP contribution in [0.1, 0.15) is 18.4 Å².